The SMILES string of the molecule is Cc1ccc(N2CCCC(C(=O)Nc3cc(=O)[nH]c(=O)[nH]3)C2)nn1. The van der Waals surface area contributed by atoms with E-state index in [1.807, 2.05) is 24.0 Å². The molecular formula is C15H18N6O3. The third-order valence-electron chi connectivity index (χ3n) is 3.92. The van der Waals surface area contributed by atoms with Gasteiger partial charge in [0, 0.05) is 19.2 Å². The highest BCUT2D eigenvalue weighted by Crippen LogP contribution is 2.22. The fourth-order valence-corrected chi connectivity index (χ4v) is 2.73. The molecule has 2 aromatic rings. The first kappa shape index (κ1) is 15.9. The quantitative estimate of drug-likeness (QED) is 0.729. The Kier molecular flexibility index (Phi) is 4.41. The highest BCUT2D eigenvalue weighted by Gasteiger charge is 2.27. The molecule has 1 unspecified atom stereocenters. The summed E-state index contributed by atoms with van der Waals surface area (Å²) >= 11 is 0. The third-order valence-corrected chi connectivity index (χ3v) is 3.92. The largest absolute Gasteiger partial charge is 0.354 e. The molecule has 0 aliphatic carbocycles. The molecule has 3 N–H and O–H groups in total. The second-order valence-corrected chi connectivity index (χ2v) is 5.81. The first-order chi connectivity index (χ1) is 11.5. The summed E-state index contributed by atoms with van der Waals surface area (Å²) in [6, 6.07) is 4.91. The molecule has 3 heterocycles. The molecule has 1 atom stereocenters. The van der Waals surface area contributed by atoms with Gasteiger partial charge in [0.2, 0.25) is 5.91 Å². The van der Waals surface area contributed by atoms with Crippen LogP contribution in [0.3, 0.4) is 0 Å². The number of rotatable bonds is 3. The average molecular weight is 330 g/mol. The van der Waals surface area contributed by atoms with Crippen molar-refractivity contribution in [2.45, 2.75) is 19.8 Å². The topological polar surface area (TPSA) is 124 Å². The lowest BCUT2D eigenvalue weighted by atomic mass is 9.97. The number of nitrogens with zero attached hydrogens (tertiary/aromatic N) is 3. The van der Waals surface area contributed by atoms with Crippen LogP contribution in [-0.2, 0) is 4.79 Å². The minimum Gasteiger partial charge on any atom is -0.354 e. The van der Waals surface area contributed by atoms with Crippen LogP contribution in [-0.4, -0.2) is 39.2 Å². The highest BCUT2D eigenvalue weighted by molar-refractivity contribution is 5.92. The van der Waals surface area contributed by atoms with Gasteiger partial charge in [0.15, 0.2) is 5.82 Å². The van der Waals surface area contributed by atoms with E-state index in [1.165, 1.54) is 0 Å². The molecule has 0 spiro atoms. The van der Waals surface area contributed by atoms with E-state index >= 15 is 0 Å². The molecule has 9 heteroatoms. The van der Waals surface area contributed by atoms with Crippen LogP contribution in [0.25, 0.3) is 0 Å². The molecule has 1 fully saturated rings. The number of aromatic nitrogens is 4. The number of nitrogens with one attached hydrogen (secondary N) is 3. The summed E-state index contributed by atoms with van der Waals surface area (Å²) in [5.41, 5.74) is -0.379. The molecule has 1 aliphatic heterocycles. The van der Waals surface area contributed by atoms with Crippen LogP contribution >= 0.6 is 0 Å². The lowest BCUT2D eigenvalue weighted by molar-refractivity contribution is -0.120. The maximum atomic E-state index is 12.4. The molecule has 1 saturated heterocycles. The predicted molar refractivity (Wildman–Crippen MR) is 88.0 cm³/mol. The van der Waals surface area contributed by atoms with E-state index in [0.29, 0.717) is 6.54 Å². The molecule has 24 heavy (non-hydrogen) atoms. The molecule has 2 aromatic heterocycles. The van der Waals surface area contributed by atoms with Gasteiger partial charge in [-0.2, -0.15) is 5.10 Å². The normalized spacial score (nSPS) is 17.5. The van der Waals surface area contributed by atoms with Crippen LogP contribution in [0.1, 0.15) is 18.5 Å². The standard InChI is InChI=1S/C15H18N6O3/c1-9-4-5-12(20-19-9)21-6-2-3-10(8-21)14(23)16-11-7-13(22)18-15(24)17-11/h4-5,7,10H,2-3,6,8H2,1H3,(H3,16,17,18,22,23,24). The summed E-state index contributed by atoms with van der Waals surface area (Å²) in [6.07, 6.45) is 1.58. The molecule has 9 nitrogen and oxygen atoms in total. The van der Waals surface area contributed by atoms with Gasteiger partial charge in [-0.3, -0.25) is 19.6 Å². The van der Waals surface area contributed by atoms with Crippen LogP contribution in [0.5, 0.6) is 0 Å². The highest BCUT2D eigenvalue weighted by atomic mass is 16.2. The van der Waals surface area contributed by atoms with Crippen LogP contribution in [0.2, 0.25) is 0 Å². The van der Waals surface area contributed by atoms with E-state index < -0.39 is 11.2 Å². The second-order valence-electron chi connectivity index (χ2n) is 5.81. The molecular weight excluding hydrogens is 312 g/mol. The van der Waals surface area contributed by atoms with Crippen molar-refractivity contribution in [1.29, 1.82) is 0 Å². The average Bonchev–Trinajstić information content (AvgIpc) is 2.54. The molecule has 0 bridgehead atoms. The Hall–Kier alpha value is -2.97. The van der Waals surface area contributed by atoms with Crippen LogP contribution in [0.4, 0.5) is 11.6 Å². The monoisotopic (exact) mass is 330 g/mol. The third kappa shape index (κ3) is 3.67. The Morgan fingerprint density at radius 2 is 2.12 bits per heavy atom. The summed E-state index contributed by atoms with van der Waals surface area (Å²) in [4.78, 5) is 41.4. The first-order valence-corrected chi connectivity index (χ1v) is 7.71. The van der Waals surface area contributed by atoms with Gasteiger partial charge in [0.1, 0.15) is 5.82 Å². The van der Waals surface area contributed by atoms with Crippen molar-refractivity contribution in [2.75, 3.05) is 23.3 Å². The minimum atomic E-state index is -0.655. The van der Waals surface area contributed by atoms with Crippen molar-refractivity contribution in [3.05, 3.63) is 44.7 Å². The first-order valence-electron chi connectivity index (χ1n) is 7.71. The number of anilines is 2. The van der Waals surface area contributed by atoms with E-state index in [-0.39, 0.29) is 17.6 Å². The number of amides is 1. The number of hydrogen-bond donors (Lipinski definition) is 3. The van der Waals surface area contributed by atoms with Gasteiger partial charge in [-0.05, 0) is 31.9 Å². The lowest BCUT2D eigenvalue weighted by Gasteiger charge is -2.32. The number of piperidine rings is 1. The molecule has 0 aromatic carbocycles. The van der Waals surface area contributed by atoms with Crippen molar-refractivity contribution in [3.63, 3.8) is 0 Å². The summed E-state index contributed by atoms with van der Waals surface area (Å²) in [6.45, 7) is 3.19. The molecule has 1 amide bonds. The second kappa shape index (κ2) is 6.65. The zero-order chi connectivity index (χ0) is 17.1. The van der Waals surface area contributed by atoms with E-state index in [0.717, 1.165) is 37.0 Å². The fraction of sp³-hybridized carbons (Fsp3) is 0.400. The van der Waals surface area contributed by atoms with Gasteiger partial charge >= 0.3 is 5.69 Å². The van der Waals surface area contributed by atoms with Gasteiger partial charge in [0.05, 0.1) is 11.6 Å². The minimum absolute atomic E-state index is 0.0981. The number of aryl methyl sites for hydroxylation is 1. The lowest BCUT2D eigenvalue weighted by Crippen LogP contribution is -2.41. The summed E-state index contributed by atoms with van der Waals surface area (Å²) in [5.74, 6) is 0.342. The Labute approximate surface area is 137 Å². The number of carbonyl (C=O) groups is 1. The Morgan fingerprint density at radius 3 is 2.83 bits per heavy atom. The smallest absolute Gasteiger partial charge is 0.327 e. The van der Waals surface area contributed by atoms with Crippen LogP contribution in [0, 0.1) is 12.8 Å². The van der Waals surface area contributed by atoms with Crippen molar-refractivity contribution in [2.24, 2.45) is 5.92 Å². The Morgan fingerprint density at radius 1 is 1.29 bits per heavy atom. The van der Waals surface area contributed by atoms with Gasteiger partial charge in [-0.15, -0.1) is 5.10 Å². The van der Waals surface area contributed by atoms with Crippen molar-refractivity contribution >= 4 is 17.5 Å². The van der Waals surface area contributed by atoms with Gasteiger partial charge in [-0.25, -0.2) is 4.79 Å². The number of hydrogen-bond acceptors (Lipinski definition) is 6. The molecule has 3 rings (SSSR count). The number of H-pyrrole nitrogens is 2. The van der Waals surface area contributed by atoms with Crippen molar-refractivity contribution in [3.8, 4) is 0 Å². The van der Waals surface area contributed by atoms with Gasteiger partial charge in [-0.1, -0.05) is 0 Å². The molecule has 0 radical (unpaired) electrons. The van der Waals surface area contributed by atoms with E-state index in [4.69, 9.17) is 0 Å². The summed E-state index contributed by atoms with van der Waals surface area (Å²) < 4.78 is 0. The van der Waals surface area contributed by atoms with E-state index in [2.05, 4.69) is 25.5 Å². The maximum Gasteiger partial charge on any atom is 0.327 e. The molecule has 1 aliphatic rings. The zero-order valence-corrected chi connectivity index (χ0v) is 13.2. The number of carbonyl (C=O) groups excluding carboxylic acids is 1. The summed E-state index contributed by atoms with van der Waals surface area (Å²) in [7, 11) is 0. The fourth-order valence-electron chi connectivity index (χ4n) is 2.73. The number of aromatic amines is 2. The molecule has 0 saturated carbocycles. The summed E-state index contributed by atoms with van der Waals surface area (Å²) in [5, 5.41) is 10.8. The predicted octanol–water partition coefficient (Wildman–Crippen LogP) is 0.0167. The van der Waals surface area contributed by atoms with Gasteiger partial charge < -0.3 is 10.2 Å². The maximum absolute atomic E-state index is 12.4. The van der Waals surface area contributed by atoms with E-state index in [1.54, 1.807) is 0 Å². The van der Waals surface area contributed by atoms with Crippen molar-refractivity contribution < 1.29 is 4.79 Å². The van der Waals surface area contributed by atoms with Crippen molar-refractivity contribution in [1.82, 2.24) is 20.2 Å². The van der Waals surface area contributed by atoms with Crippen LogP contribution in [0.15, 0.2) is 27.8 Å². The molecule has 126 valence electrons. The Bertz CT molecular complexity index is 813. The Balaban J connectivity index is 1.69. The van der Waals surface area contributed by atoms with Crippen LogP contribution < -0.4 is 21.5 Å². The van der Waals surface area contributed by atoms with E-state index in [9.17, 15) is 14.4 Å². The van der Waals surface area contributed by atoms with Gasteiger partial charge in [0.25, 0.3) is 5.56 Å². The zero-order valence-electron chi connectivity index (χ0n) is 13.2.